The maximum atomic E-state index is 13.7. The highest BCUT2D eigenvalue weighted by Crippen LogP contribution is 2.65. The molecule has 1 saturated carbocycles. The summed E-state index contributed by atoms with van der Waals surface area (Å²) in [5.41, 5.74) is 0.108. The van der Waals surface area contributed by atoms with Gasteiger partial charge in [-0.3, -0.25) is 4.79 Å². The van der Waals surface area contributed by atoms with Crippen LogP contribution in [0.25, 0.3) is 0 Å². The highest BCUT2D eigenvalue weighted by molar-refractivity contribution is 9.10. The van der Waals surface area contributed by atoms with Crippen molar-refractivity contribution in [1.29, 1.82) is 0 Å². The van der Waals surface area contributed by atoms with E-state index in [-0.39, 0.29) is 17.2 Å². The van der Waals surface area contributed by atoms with Crippen LogP contribution in [-0.2, 0) is 4.79 Å². The van der Waals surface area contributed by atoms with Crippen molar-refractivity contribution < 1.29 is 14.3 Å². The number of carboxylic acids is 1. The SMILES string of the molecule is CC1(C)C(C(=O)O)C1c1c(F)cccc1Br. The van der Waals surface area contributed by atoms with Crippen LogP contribution in [0.1, 0.15) is 25.3 Å². The Morgan fingerprint density at radius 1 is 1.50 bits per heavy atom. The average Bonchev–Trinajstić information content (AvgIpc) is 2.69. The fourth-order valence-corrected chi connectivity index (χ4v) is 3.03. The molecule has 1 N–H and O–H groups in total. The maximum Gasteiger partial charge on any atom is 0.307 e. The van der Waals surface area contributed by atoms with Gasteiger partial charge in [-0.15, -0.1) is 0 Å². The number of halogens is 2. The minimum atomic E-state index is -0.856. The largest absolute Gasteiger partial charge is 0.481 e. The topological polar surface area (TPSA) is 37.3 Å². The zero-order chi connectivity index (χ0) is 12.1. The first-order valence-corrected chi connectivity index (χ1v) is 5.83. The van der Waals surface area contributed by atoms with E-state index in [1.807, 2.05) is 13.8 Å². The molecule has 2 nitrogen and oxygen atoms in total. The van der Waals surface area contributed by atoms with Gasteiger partial charge in [0.25, 0.3) is 0 Å². The van der Waals surface area contributed by atoms with Crippen molar-refractivity contribution in [2.75, 3.05) is 0 Å². The van der Waals surface area contributed by atoms with Gasteiger partial charge in [0, 0.05) is 16.0 Å². The van der Waals surface area contributed by atoms with E-state index >= 15 is 0 Å². The molecule has 2 unspecified atom stereocenters. The lowest BCUT2D eigenvalue weighted by atomic mass is 10.0. The van der Waals surface area contributed by atoms with Gasteiger partial charge in [0.2, 0.25) is 0 Å². The third-order valence-corrected chi connectivity index (χ3v) is 4.10. The van der Waals surface area contributed by atoms with Crippen LogP contribution in [0.3, 0.4) is 0 Å². The molecule has 1 aromatic carbocycles. The third-order valence-electron chi connectivity index (χ3n) is 3.40. The molecule has 0 aromatic heterocycles. The molecule has 0 amide bonds. The van der Waals surface area contributed by atoms with E-state index in [0.29, 0.717) is 10.0 Å². The molecule has 0 spiro atoms. The Bertz CT molecular complexity index is 436. The zero-order valence-corrected chi connectivity index (χ0v) is 10.6. The summed E-state index contributed by atoms with van der Waals surface area (Å²) in [4.78, 5) is 11.0. The van der Waals surface area contributed by atoms with Crippen LogP contribution in [0.4, 0.5) is 4.39 Å². The summed E-state index contributed by atoms with van der Waals surface area (Å²) in [5.74, 6) is -1.94. The van der Waals surface area contributed by atoms with Crippen LogP contribution in [0, 0.1) is 17.2 Å². The van der Waals surface area contributed by atoms with Crippen LogP contribution in [0.15, 0.2) is 22.7 Å². The van der Waals surface area contributed by atoms with Gasteiger partial charge < -0.3 is 5.11 Å². The molecule has 0 aliphatic heterocycles. The summed E-state index contributed by atoms with van der Waals surface area (Å²) in [6.45, 7) is 3.71. The first-order valence-electron chi connectivity index (χ1n) is 5.04. The van der Waals surface area contributed by atoms with Crippen LogP contribution < -0.4 is 0 Å². The average molecular weight is 287 g/mol. The van der Waals surface area contributed by atoms with Gasteiger partial charge in [-0.1, -0.05) is 35.8 Å². The minimum absolute atomic E-state index is 0.249. The first kappa shape index (κ1) is 11.6. The van der Waals surface area contributed by atoms with E-state index in [1.165, 1.54) is 6.07 Å². The summed E-state index contributed by atoms with van der Waals surface area (Å²) in [6.07, 6.45) is 0. The van der Waals surface area contributed by atoms with Gasteiger partial charge in [0.1, 0.15) is 5.82 Å². The predicted molar refractivity (Wildman–Crippen MR) is 61.7 cm³/mol. The Morgan fingerprint density at radius 2 is 2.12 bits per heavy atom. The Hall–Kier alpha value is -0.900. The van der Waals surface area contributed by atoms with Gasteiger partial charge in [-0.25, -0.2) is 4.39 Å². The summed E-state index contributed by atoms with van der Waals surface area (Å²) >= 11 is 3.28. The molecule has 16 heavy (non-hydrogen) atoms. The quantitative estimate of drug-likeness (QED) is 0.905. The number of hydrogen-bond donors (Lipinski definition) is 1. The smallest absolute Gasteiger partial charge is 0.307 e. The Labute approximate surface area is 102 Å². The molecule has 1 fully saturated rings. The Kier molecular flexibility index (Phi) is 2.57. The number of rotatable bonds is 2. The molecule has 1 aliphatic carbocycles. The van der Waals surface area contributed by atoms with Crippen LogP contribution in [0.5, 0.6) is 0 Å². The van der Waals surface area contributed by atoms with E-state index < -0.39 is 11.9 Å². The first-order chi connectivity index (χ1) is 7.37. The van der Waals surface area contributed by atoms with Gasteiger partial charge in [0.05, 0.1) is 5.92 Å². The van der Waals surface area contributed by atoms with Crippen molar-refractivity contribution in [1.82, 2.24) is 0 Å². The summed E-state index contributed by atoms with van der Waals surface area (Å²) in [7, 11) is 0. The molecular formula is C12H12BrFO2. The molecule has 0 bridgehead atoms. The predicted octanol–water partition coefficient (Wildman–Crippen LogP) is 3.41. The summed E-state index contributed by atoms with van der Waals surface area (Å²) < 4.78 is 14.3. The highest BCUT2D eigenvalue weighted by atomic mass is 79.9. The van der Waals surface area contributed by atoms with Crippen molar-refractivity contribution in [3.63, 3.8) is 0 Å². The van der Waals surface area contributed by atoms with Crippen molar-refractivity contribution >= 4 is 21.9 Å². The van der Waals surface area contributed by atoms with Crippen molar-refractivity contribution in [3.05, 3.63) is 34.1 Å². The van der Waals surface area contributed by atoms with Gasteiger partial charge in [-0.05, 0) is 17.5 Å². The van der Waals surface area contributed by atoms with Crippen molar-refractivity contribution in [2.24, 2.45) is 11.3 Å². The van der Waals surface area contributed by atoms with Crippen LogP contribution in [-0.4, -0.2) is 11.1 Å². The lowest BCUT2D eigenvalue weighted by molar-refractivity contribution is -0.139. The van der Waals surface area contributed by atoms with E-state index in [1.54, 1.807) is 12.1 Å². The highest BCUT2D eigenvalue weighted by Gasteiger charge is 2.63. The summed E-state index contributed by atoms with van der Waals surface area (Å²) in [6, 6.07) is 4.72. The molecule has 1 aliphatic rings. The van der Waals surface area contributed by atoms with E-state index in [4.69, 9.17) is 5.11 Å². The number of benzene rings is 1. The van der Waals surface area contributed by atoms with E-state index in [0.717, 1.165) is 0 Å². The monoisotopic (exact) mass is 286 g/mol. The Balaban J connectivity index is 2.45. The van der Waals surface area contributed by atoms with Crippen LogP contribution >= 0.6 is 15.9 Å². The van der Waals surface area contributed by atoms with Gasteiger partial charge >= 0.3 is 5.97 Å². The molecule has 86 valence electrons. The van der Waals surface area contributed by atoms with E-state index in [9.17, 15) is 9.18 Å². The standard InChI is InChI=1S/C12H12BrFO2/c1-12(2)9(10(12)11(15)16)8-6(13)4-3-5-7(8)14/h3-5,9-10H,1-2H3,(H,15,16). The summed E-state index contributed by atoms with van der Waals surface area (Å²) in [5, 5.41) is 9.06. The van der Waals surface area contributed by atoms with Crippen LogP contribution in [0.2, 0.25) is 0 Å². The fraction of sp³-hybridized carbons (Fsp3) is 0.417. The van der Waals surface area contributed by atoms with Crippen molar-refractivity contribution in [3.8, 4) is 0 Å². The molecule has 0 saturated heterocycles. The third kappa shape index (κ3) is 1.56. The molecule has 4 heteroatoms. The molecular weight excluding hydrogens is 275 g/mol. The number of carbonyl (C=O) groups is 1. The molecule has 0 radical (unpaired) electrons. The molecule has 2 atom stereocenters. The molecule has 0 heterocycles. The number of carboxylic acid groups (broad SMARTS) is 1. The van der Waals surface area contributed by atoms with Crippen molar-refractivity contribution in [2.45, 2.75) is 19.8 Å². The second kappa shape index (κ2) is 3.55. The zero-order valence-electron chi connectivity index (χ0n) is 9.00. The second-order valence-corrected chi connectivity index (χ2v) is 5.60. The normalized spacial score (nSPS) is 26.5. The maximum absolute atomic E-state index is 13.7. The Morgan fingerprint density at radius 3 is 2.56 bits per heavy atom. The lowest BCUT2D eigenvalue weighted by Gasteiger charge is -2.06. The fourth-order valence-electron chi connectivity index (χ4n) is 2.45. The lowest BCUT2D eigenvalue weighted by Crippen LogP contribution is -2.03. The molecule has 2 rings (SSSR count). The minimum Gasteiger partial charge on any atom is -0.481 e. The van der Waals surface area contributed by atoms with Gasteiger partial charge in [0.15, 0.2) is 0 Å². The second-order valence-electron chi connectivity index (χ2n) is 4.75. The number of hydrogen-bond acceptors (Lipinski definition) is 1. The van der Waals surface area contributed by atoms with E-state index in [2.05, 4.69) is 15.9 Å². The molecule has 1 aromatic rings. The van der Waals surface area contributed by atoms with Gasteiger partial charge in [-0.2, -0.15) is 0 Å². The number of aliphatic carboxylic acids is 1.